The number of hydrogen-bond donors (Lipinski definition) is 0. The van der Waals surface area contributed by atoms with Gasteiger partial charge in [-0.2, -0.15) is 16.8 Å². The molecule has 4 unspecified atom stereocenters. The molecule has 0 amide bonds. The summed E-state index contributed by atoms with van der Waals surface area (Å²) >= 11 is 0. The Morgan fingerprint density at radius 1 is 0.786 bits per heavy atom. The molecule has 0 spiro atoms. The Balaban J connectivity index is 2.07. The van der Waals surface area contributed by atoms with Crippen molar-refractivity contribution in [2.75, 3.05) is 51.3 Å². The molecule has 2 fully saturated rings. The van der Waals surface area contributed by atoms with Gasteiger partial charge in [-0.25, -0.2) is 0 Å². The average Bonchev–Trinajstić information content (AvgIpc) is 2.99. The Kier molecular flexibility index (Phi) is 6.96. The van der Waals surface area contributed by atoms with Crippen LogP contribution in [0.5, 0.6) is 0 Å². The minimum atomic E-state index is -3.90. The van der Waals surface area contributed by atoms with Gasteiger partial charge in [0.05, 0.1) is 25.5 Å². The van der Waals surface area contributed by atoms with E-state index in [1.54, 1.807) is 0 Å². The van der Waals surface area contributed by atoms with Crippen LogP contribution in [0.3, 0.4) is 0 Å². The van der Waals surface area contributed by atoms with Crippen LogP contribution in [0.15, 0.2) is 0 Å². The van der Waals surface area contributed by atoms with E-state index in [4.69, 9.17) is 18.1 Å². The second kappa shape index (κ2) is 7.99. The van der Waals surface area contributed by atoms with E-state index >= 15 is 0 Å². The lowest BCUT2D eigenvalue weighted by Gasteiger charge is -2.29. The van der Waals surface area contributed by atoms with Crippen molar-refractivity contribution in [3.8, 4) is 0 Å². The summed E-state index contributed by atoms with van der Waals surface area (Å²) in [5, 5.41) is 0. The fourth-order valence-corrected chi connectivity index (χ4v) is 9.93. The van der Waals surface area contributed by atoms with Crippen LogP contribution < -0.4 is 0 Å². The molecule has 0 N–H and O–H groups in total. The van der Waals surface area contributed by atoms with E-state index in [-0.39, 0.29) is 13.2 Å². The Bertz CT molecular complexity index is 826. The van der Waals surface area contributed by atoms with Gasteiger partial charge in [0.15, 0.2) is 0 Å². The van der Waals surface area contributed by atoms with E-state index in [1.165, 1.54) is 13.8 Å². The highest BCUT2D eigenvalue weighted by Gasteiger charge is 2.49. The fraction of sp³-hybridized carbons (Fsp3) is 1.00. The standard InChI is InChI=1S/C12H24O12P2S2/c1-11(7-21-27(15,16)9-11)23-25(13,19-3)5-6-26(14,20-4)24-12(2)8-22-28(17,18)10-12/h5-10H2,1-4H3. The highest BCUT2D eigenvalue weighted by Crippen LogP contribution is 2.58. The Labute approximate surface area is 164 Å². The van der Waals surface area contributed by atoms with Gasteiger partial charge in [0.25, 0.3) is 20.2 Å². The third kappa shape index (κ3) is 6.31. The quantitative estimate of drug-likeness (QED) is 0.336. The molecular weight excluding hydrogens is 462 g/mol. The molecule has 2 aliphatic rings. The maximum absolute atomic E-state index is 12.9. The highest BCUT2D eigenvalue weighted by atomic mass is 32.2. The molecule has 0 aromatic heterocycles. The molecule has 12 nitrogen and oxygen atoms in total. The topological polar surface area (TPSA) is 158 Å². The zero-order valence-electron chi connectivity index (χ0n) is 15.9. The van der Waals surface area contributed by atoms with Crippen LogP contribution in [0.4, 0.5) is 0 Å². The first kappa shape index (κ1) is 24.4. The minimum Gasteiger partial charge on any atom is -0.312 e. The molecule has 2 aliphatic heterocycles. The van der Waals surface area contributed by atoms with Gasteiger partial charge >= 0.3 is 15.2 Å². The molecule has 166 valence electrons. The van der Waals surface area contributed by atoms with Crippen molar-refractivity contribution in [1.82, 2.24) is 0 Å². The normalized spacial score (nSPS) is 36.0. The third-order valence-electron chi connectivity index (χ3n) is 3.97. The van der Waals surface area contributed by atoms with Crippen LogP contribution in [0.1, 0.15) is 13.8 Å². The van der Waals surface area contributed by atoms with Gasteiger partial charge in [-0.3, -0.25) is 26.5 Å². The van der Waals surface area contributed by atoms with Crippen molar-refractivity contribution < 1.29 is 52.4 Å². The third-order valence-corrected chi connectivity index (χ3v) is 11.3. The number of rotatable bonds is 9. The van der Waals surface area contributed by atoms with E-state index in [0.29, 0.717) is 0 Å². The van der Waals surface area contributed by atoms with Crippen LogP contribution in [-0.4, -0.2) is 79.3 Å². The number of hydrogen-bond acceptors (Lipinski definition) is 12. The molecule has 0 saturated carbocycles. The van der Waals surface area contributed by atoms with Crippen molar-refractivity contribution >= 4 is 35.4 Å². The van der Waals surface area contributed by atoms with Gasteiger partial charge in [-0.05, 0) is 13.8 Å². The summed E-state index contributed by atoms with van der Waals surface area (Å²) in [7, 11) is -13.2. The van der Waals surface area contributed by atoms with Crippen LogP contribution in [-0.2, 0) is 55.8 Å². The molecule has 0 bridgehead atoms. The van der Waals surface area contributed by atoms with Crippen molar-refractivity contribution in [1.29, 1.82) is 0 Å². The largest absolute Gasteiger partial charge is 0.331 e. The molecule has 2 rings (SSSR count). The van der Waals surface area contributed by atoms with Crippen molar-refractivity contribution in [2.45, 2.75) is 25.0 Å². The SMILES string of the molecule is COP(=O)(CCP(=O)(OC)OC1(C)COS(=O)(=O)C1)OC1(C)COS(=O)(=O)C1. The molecular formula is C12H24O12P2S2. The van der Waals surface area contributed by atoms with E-state index in [0.717, 1.165) is 14.2 Å². The van der Waals surface area contributed by atoms with Gasteiger partial charge in [-0.1, -0.05) is 0 Å². The molecule has 4 atom stereocenters. The monoisotopic (exact) mass is 486 g/mol. The zero-order valence-corrected chi connectivity index (χ0v) is 19.3. The van der Waals surface area contributed by atoms with Gasteiger partial charge in [0.2, 0.25) is 0 Å². The highest BCUT2D eigenvalue weighted by molar-refractivity contribution is 7.87. The minimum absolute atomic E-state index is 0.339. The predicted octanol–water partition coefficient (Wildman–Crippen LogP) is 0.936. The van der Waals surface area contributed by atoms with Gasteiger partial charge in [0.1, 0.15) is 22.7 Å². The Morgan fingerprint density at radius 3 is 1.32 bits per heavy atom. The summed E-state index contributed by atoms with van der Waals surface area (Å²) in [6, 6.07) is 0. The van der Waals surface area contributed by atoms with E-state index < -0.39 is 70.5 Å². The van der Waals surface area contributed by atoms with Crippen LogP contribution in [0.2, 0.25) is 0 Å². The summed E-state index contributed by atoms with van der Waals surface area (Å²) in [5.74, 6) is -1.03. The molecule has 0 aromatic rings. The van der Waals surface area contributed by atoms with Crippen LogP contribution in [0, 0.1) is 0 Å². The second-order valence-corrected chi connectivity index (χ2v) is 14.8. The maximum atomic E-state index is 12.9. The average molecular weight is 486 g/mol. The molecule has 0 aliphatic carbocycles. The fourth-order valence-electron chi connectivity index (χ4n) is 2.71. The van der Waals surface area contributed by atoms with E-state index in [2.05, 4.69) is 8.37 Å². The molecule has 0 aromatic carbocycles. The van der Waals surface area contributed by atoms with Gasteiger partial charge in [0, 0.05) is 14.2 Å². The Hall–Kier alpha value is 0.120. The lowest BCUT2D eigenvalue weighted by molar-refractivity contribution is 0.0613. The lowest BCUT2D eigenvalue weighted by atomic mass is 10.2. The second-order valence-electron chi connectivity index (χ2n) is 7.04. The lowest BCUT2D eigenvalue weighted by Crippen LogP contribution is -2.34. The summed E-state index contributed by atoms with van der Waals surface area (Å²) in [4.78, 5) is 0. The maximum Gasteiger partial charge on any atom is 0.331 e. The predicted molar refractivity (Wildman–Crippen MR) is 97.4 cm³/mol. The van der Waals surface area contributed by atoms with Crippen molar-refractivity contribution in [3.63, 3.8) is 0 Å². The Morgan fingerprint density at radius 2 is 1.11 bits per heavy atom. The van der Waals surface area contributed by atoms with Crippen LogP contribution in [0.25, 0.3) is 0 Å². The summed E-state index contributed by atoms with van der Waals surface area (Å²) in [5.41, 5.74) is -2.80. The molecule has 0 radical (unpaired) electrons. The molecule has 16 heteroatoms. The first-order chi connectivity index (χ1) is 12.6. The smallest absolute Gasteiger partial charge is 0.312 e. The van der Waals surface area contributed by atoms with Gasteiger partial charge < -0.3 is 9.05 Å². The van der Waals surface area contributed by atoms with Crippen molar-refractivity contribution in [3.05, 3.63) is 0 Å². The molecule has 2 heterocycles. The van der Waals surface area contributed by atoms with E-state index in [1.807, 2.05) is 0 Å². The molecule has 28 heavy (non-hydrogen) atoms. The molecule has 2 saturated heterocycles. The zero-order chi connectivity index (χ0) is 21.5. The summed E-state index contributed by atoms with van der Waals surface area (Å²) < 4.78 is 102. The van der Waals surface area contributed by atoms with Gasteiger partial charge in [-0.15, -0.1) is 0 Å². The first-order valence-corrected chi connectivity index (χ1v) is 14.6. The van der Waals surface area contributed by atoms with Crippen LogP contribution >= 0.6 is 15.2 Å². The van der Waals surface area contributed by atoms with Crippen molar-refractivity contribution in [2.24, 2.45) is 0 Å². The first-order valence-electron chi connectivity index (χ1n) is 8.02. The van der Waals surface area contributed by atoms with E-state index in [9.17, 15) is 26.0 Å². The summed E-state index contributed by atoms with van der Waals surface area (Å²) in [6.07, 6.45) is -0.845. The summed E-state index contributed by atoms with van der Waals surface area (Å²) in [6.45, 7) is 2.12.